The van der Waals surface area contributed by atoms with Gasteiger partial charge in [-0.3, -0.25) is 4.79 Å². The van der Waals surface area contributed by atoms with E-state index in [2.05, 4.69) is 10.0 Å². The molecule has 0 amide bonds. The highest BCUT2D eigenvalue weighted by molar-refractivity contribution is 8.00. The van der Waals surface area contributed by atoms with Crippen molar-refractivity contribution in [1.82, 2.24) is 0 Å². The van der Waals surface area contributed by atoms with Gasteiger partial charge >= 0.3 is 5.97 Å². The van der Waals surface area contributed by atoms with E-state index in [1.165, 1.54) is 11.8 Å². The Kier molecular flexibility index (Phi) is 5.07. The minimum absolute atomic E-state index is 0.533. The molecule has 1 unspecified atom stereocenters. The number of azide groups is 1. The highest BCUT2D eigenvalue weighted by Crippen LogP contribution is 2.26. The Bertz CT molecular complexity index is 450. The van der Waals surface area contributed by atoms with Gasteiger partial charge in [0.15, 0.2) is 5.37 Å². The Morgan fingerprint density at radius 2 is 2.00 bits per heavy atom. The van der Waals surface area contributed by atoms with Crippen molar-refractivity contribution < 1.29 is 9.53 Å². The summed E-state index contributed by atoms with van der Waals surface area (Å²) in [5.74, 6) is -0.533. The van der Waals surface area contributed by atoms with E-state index < -0.39 is 16.9 Å². The quantitative estimate of drug-likeness (QED) is 0.273. The van der Waals surface area contributed by atoms with Crippen molar-refractivity contribution >= 4 is 17.7 Å². The fourth-order valence-corrected chi connectivity index (χ4v) is 1.95. The first-order chi connectivity index (χ1) is 8.42. The summed E-state index contributed by atoms with van der Waals surface area (Å²) in [6.45, 7) is 5.31. The van der Waals surface area contributed by atoms with Gasteiger partial charge in [0.2, 0.25) is 0 Å². The highest BCUT2D eigenvalue weighted by Gasteiger charge is 2.25. The van der Waals surface area contributed by atoms with Crippen LogP contribution in [0.1, 0.15) is 20.8 Å². The lowest BCUT2D eigenvalue weighted by Gasteiger charge is -2.21. The molecule has 0 bridgehead atoms. The molecule has 0 fully saturated rings. The van der Waals surface area contributed by atoms with E-state index in [0.29, 0.717) is 0 Å². The topological polar surface area (TPSA) is 75.1 Å². The molecule has 1 rings (SSSR count). The first-order valence-electron chi connectivity index (χ1n) is 5.41. The molecular formula is C12H15N3O2S. The Morgan fingerprint density at radius 1 is 1.39 bits per heavy atom. The van der Waals surface area contributed by atoms with Gasteiger partial charge in [-0.1, -0.05) is 23.3 Å². The lowest BCUT2D eigenvalue weighted by molar-refractivity contribution is -0.153. The molecule has 0 heterocycles. The van der Waals surface area contributed by atoms with Gasteiger partial charge in [0.25, 0.3) is 0 Å². The van der Waals surface area contributed by atoms with Crippen molar-refractivity contribution in [2.45, 2.75) is 36.6 Å². The minimum atomic E-state index is -0.906. The highest BCUT2D eigenvalue weighted by atomic mass is 32.2. The maximum absolute atomic E-state index is 11.8. The number of carbonyl (C=O) groups excluding carboxylic acids is 1. The number of thioether (sulfide) groups is 1. The number of carbonyl (C=O) groups is 1. The van der Waals surface area contributed by atoms with Crippen molar-refractivity contribution in [3.8, 4) is 0 Å². The SMILES string of the molecule is CC(C)(C)OC(=O)C(N=[N+]=[N-])Sc1ccccc1. The zero-order valence-corrected chi connectivity index (χ0v) is 11.3. The number of rotatable bonds is 4. The zero-order chi connectivity index (χ0) is 13.6. The summed E-state index contributed by atoms with van der Waals surface area (Å²) in [4.78, 5) is 15.4. The molecule has 0 saturated heterocycles. The first kappa shape index (κ1) is 14.4. The molecule has 0 aliphatic rings. The van der Waals surface area contributed by atoms with Crippen LogP contribution in [0.5, 0.6) is 0 Å². The summed E-state index contributed by atoms with van der Waals surface area (Å²) < 4.78 is 5.20. The maximum atomic E-state index is 11.8. The summed E-state index contributed by atoms with van der Waals surface area (Å²) in [6.07, 6.45) is 0. The van der Waals surface area contributed by atoms with E-state index in [1.807, 2.05) is 30.3 Å². The molecule has 0 radical (unpaired) electrons. The van der Waals surface area contributed by atoms with Crippen molar-refractivity contribution in [3.05, 3.63) is 40.8 Å². The van der Waals surface area contributed by atoms with Crippen LogP contribution in [0, 0.1) is 0 Å². The van der Waals surface area contributed by atoms with Gasteiger partial charge in [-0.15, -0.1) is 11.8 Å². The van der Waals surface area contributed by atoms with Gasteiger partial charge in [0.05, 0.1) is 0 Å². The lowest BCUT2D eigenvalue weighted by atomic mass is 10.2. The Morgan fingerprint density at radius 3 is 2.50 bits per heavy atom. The fourth-order valence-electron chi connectivity index (χ4n) is 1.15. The van der Waals surface area contributed by atoms with Gasteiger partial charge in [0, 0.05) is 9.81 Å². The lowest BCUT2D eigenvalue weighted by Crippen LogP contribution is -2.29. The zero-order valence-electron chi connectivity index (χ0n) is 10.5. The van der Waals surface area contributed by atoms with Crippen LogP contribution in [0.4, 0.5) is 0 Å². The minimum Gasteiger partial charge on any atom is -0.459 e. The molecule has 0 spiro atoms. The molecule has 1 aromatic rings. The molecule has 0 N–H and O–H groups in total. The second-order valence-electron chi connectivity index (χ2n) is 4.52. The number of hydrogen-bond acceptors (Lipinski definition) is 4. The second-order valence-corrected chi connectivity index (χ2v) is 5.68. The van der Waals surface area contributed by atoms with E-state index in [1.54, 1.807) is 20.8 Å². The molecule has 0 aromatic heterocycles. The smallest absolute Gasteiger partial charge is 0.326 e. The van der Waals surface area contributed by atoms with Gasteiger partial charge in [0.1, 0.15) is 5.60 Å². The average Bonchev–Trinajstić information content (AvgIpc) is 2.27. The molecule has 0 aliphatic carbocycles. The molecule has 1 aromatic carbocycles. The predicted octanol–water partition coefficient (Wildman–Crippen LogP) is 3.76. The number of esters is 1. The van der Waals surface area contributed by atoms with Crippen LogP contribution in [0.25, 0.3) is 10.4 Å². The van der Waals surface area contributed by atoms with E-state index in [9.17, 15) is 4.79 Å². The van der Waals surface area contributed by atoms with E-state index in [4.69, 9.17) is 10.3 Å². The van der Waals surface area contributed by atoms with Crippen LogP contribution < -0.4 is 0 Å². The molecule has 6 heteroatoms. The van der Waals surface area contributed by atoms with Crippen LogP contribution in [0.15, 0.2) is 40.3 Å². The largest absolute Gasteiger partial charge is 0.459 e. The molecule has 18 heavy (non-hydrogen) atoms. The maximum Gasteiger partial charge on any atom is 0.326 e. The fraction of sp³-hybridized carbons (Fsp3) is 0.417. The van der Waals surface area contributed by atoms with Gasteiger partial charge < -0.3 is 4.74 Å². The number of nitrogens with zero attached hydrogens (tertiary/aromatic N) is 3. The third-order valence-corrected chi connectivity index (χ3v) is 2.81. The van der Waals surface area contributed by atoms with Crippen LogP contribution in [0.3, 0.4) is 0 Å². The summed E-state index contributed by atoms with van der Waals surface area (Å²) in [7, 11) is 0. The molecule has 1 atom stereocenters. The third-order valence-electron chi connectivity index (χ3n) is 1.76. The summed E-state index contributed by atoms with van der Waals surface area (Å²) in [5.41, 5.74) is 7.90. The number of benzene rings is 1. The Hall–Kier alpha value is -1.65. The monoisotopic (exact) mass is 265 g/mol. The third kappa shape index (κ3) is 5.12. The van der Waals surface area contributed by atoms with E-state index >= 15 is 0 Å². The van der Waals surface area contributed by atoms with Crippen LogP contribution in [-0.4, -0.2) is 16.9 Å². The van der Waals surface area contributed by atoms with Crippen LogP contribution in [0.2, 0.25) is 0 Å². The average molecular weight is 265 g/mol. The van der Waals surface area contributed by atoms with E-state index in [0.717, 1.165) is 4.90 Å². The number of hydrogen-bond donors (Lipinski definition) is 0. The van der Waals surface area contributed by atoms with Crippen molar-refractivity contribution in [3.63, 3.8) is 0 Å². The molecule has 96 valence electrons. The van der Waals surface area contributed by atoms with Crippen molar-refractivity contribution in [1.29, 1.82) is 0 Å². The summed E-state index contributed by atoms with van der Waals surface area (Å²) in [5, 5.41) is 2.57. The van der Waals surface area contributed by atoms with Crippen molar-refractivity contribution in [2.75, 3.05) is 0 Å². The Balaban J connectivity index is 2.77. The first-order valence-corrected chi connectivity index (χ1v) is 6.29. The normalized spacial score (nSPS) is 12.4. The van der Waals surface area contributed by atoms with E-state index in [-0.39, 0.29) is 0 Å². The van der Waals surface area contributed by atoms with Gasteiger partial charge in [-0.05, 0) is 38.4 Å². The predicted molar refractivity (Wildman–Crippen MR) is 71.1 cm³/mol. The molecule has 0 aliphatic heterocycles. The van der Waals surface area contributed by atoms with Gasteiger partial charge in [-0.25, -0.2) is 0 Å². The second kappa shape index (κ2) is 6.33. The van der Waals surface area contributed by atoms with Crippen molar-refractivity contribution in [2.24, 2.45) is 5.11 Å². The van der Waals surface area contributed by atoms with Crippen LogP contribution >= 0.6 is 11.8 Å². The number of ether oxygens (including phenoxy) is 1. The van der Waals surface area contributed by atoms with Crippen LogP contribution in [-0.2, 0) is 9.53 Å². The molecular weight excluding hydrogens is 250 g/mol. The molecule has 0 saturated carbocycles. The Labute approximate surface area is 110 Å². The molecule has 5 nitrogen and oxygen atoms in total. The summed E-state index contributed by atoms with van der Waals surface area (Å²) in [6, 6.07) is 9.26. The standard InChI is InChI=1S/C12H15N3O2S/c1-12(2,3)17-11(16)10(14-15-13)18-9-7-5-4-6-8-9/h4-8,10H,1-3H3. The summed E-state index contributed by atoms with van der Waals surface area (Å²) >= 11 is 1.17. The van der Waals surface area contributed by atoms with Gasteiger partial charge in [-0.2, -0.15) is 0 Å².